The molecule has 0 fully saturated rings. The average Bonchev–Trinajstić information content (AvgIpc) is 3.00. The predicted octanol–water partition coefficient (Wildman–Crippen LogP) is 10.3. The fraction of sp³-hybridized carbons (Fsp3) is 0.684. The fourth-order valence-electron chi connectivity index (χ4n) is 5.75. The molecular weight excluding hydrogens is 641 g/mol. The second kappa shape index (κ2) is 26.8. The Bertz CT molecular complexity index is 1210. The Morgan fingerprint density at radius 3 is 0.957 bits per heavy atom. The number of rotatable bonds is 24. The van der Waals surface area contributed by atoms with Crippen molar-refractivity contribution in [2.45, 2.75) is 179 Å². The van der Waals surface area contributed by atoms with Crippen LogP contribution >= 0.6 is 0 Å². The minimum Gasteiger partial charge on any atom is -0.744 e. The zero-order valence-corrected chi connectivity index (χ0v) is 33.0. The maximum atomic E-state index is 11.1. The van der Waals surface area contributed by atoms with Gasteiger partial charge in [0.1, 0.15) is 20.2 Å². The van der Waals surface area contributed by atoms with Crippen LogP contribution in [0.2, 0.25) is 0 Å². The second-order valence-electron chi connectivity index (χ2n) is 12.9. The van der Waals surface area contributed by atoms with Gasteiger partial charge in [0, 0.05) is 0 Å². The van der Waals surface area contributed by atoms with Crippen molar-refractivity contribution >= 4 is 43.3 Å². The molecular formula is C38H62MgO6S2. The van der Waals surface area contributed by atoms with Crippen LogP contribution in [0.25, 0.3) is 0 Å². The molecule has 264 valence electrons. The van der Waals surface area contributed by atoms with E-state index in [1.165, 1.54) is 128 Å². The minimum atomic E-state index is -4.34. The molecule has 0 bridgehead atoms. The molecule has 6 nitrogen and oxygen atoms in total. The molecule has 0 aliphatic heterocycles. The van der Waals surface area contributed by atoms with Gasteiger partial charge in [0.25, 0.3) is 0 Å². The molecule has 2 aromatic carbocycles. The molecule has 0 unspecified atom stereocenters. The van der Waals surface area contributed by atoms with Gasteiger partial charge in [-0.3, -0.25) is 0 Å². The summed E-state index contributed by atoms with van der Waals surface area (Å²) >= 11 is 0. The van der Waals surface area contributed by atoms with E-state index in [0.29, 0.717) is 0 Å². The maximum Gasteiger partial charge on any atom is 2.00 e. The third-order valence-corrected chi connectivity index (χ3v) is 10.5. The summed E-state index contributed by atoms with van der Waals surface area (Å²) < 4.78 is 66.5. The first-order valence-electron chi connectivity index (χ1n) is 18.0. The zero-order valence-electron chi connectivity index (χ0n) is 30.0. The molecule has 47 heavy (non-hydrogen) atoms. The number of hydrogen-bond acceptors (Lipinski definition) is 6. The fourth-order valence-corrected chi connectivity index (χ4v) is 6.79. The van der Waals surface area contributed by atoms with E-state index < -0.39 is 20.2 Å². The topological polar surface area (TPSA) is 114 Å². The summed E-state index contributed by atoms with van der Waals surface area (Å²) in [6.07, 6.45) is 27.4. The zero-order chi connectivity index (χ0) is 34.3. The second-order valence-corrected chi connectivity index (χ2v) is 15.7. The summed E-state index contributed by atoms with van der Waals surface area (Å²) in [5.74, 6) is 0. The van der Waals surface area contributed by atoms with Gasteiger partial charge < -0.3 is 9.11 Å². The van der Waals surface area contributed by atoms with E-state index in [4.69, 9.17) is 0 Å². The SMILES string of the molecule is CCCCCCCCCCCCc1cc(S(=O)(=O)[O-])ccc1C.CCCCCCCCCCCCc1cc(S(=O)(=O)[O-])ccc1C.[Mg+2]. The van der Waals surface area contributed by atoms with Crippen LogP contribution in [0.5, 0.6) is 0 Å². The van der Waals surface area contributed by atoms with Gasteiger partial charge >= 0.3 is 23.1 Å². The molecule has 0 atom stereocenters. The largest absolute Gasteiger partial charge is 2.00 e. The van der Waals surface area contributed by atoms with Gasteiger partial charge in [-0.05, 0) is 86.1 Å². The molecule has 0 aliphatic rings. The third-order valence-electron chi connectivity index (χ3n) is 8.82. The minimum absolute atomic E-state index is 0. The first-order valence-corrected chi connectivity index (χ1v) is 20.8. The molecule has 0 radical (unpaired) electrons. The smallest absolute Gasteiger partial charge is 0.744 e. The average molecular weight is 703 g/mol. The Morgan fingerprint density at radius 1 is 0.447 bits per heavy atom. The van der Waals surface area contributed by atoms with Crippen molar-refractivity contribution in [1.29, 1.82) is 0 Å². The van der Waals surface area contributed by atoms with Crippen molar-refractivity contribution in [3.8, 4) is 0 Å². The first kappa shape index (κ1) is 46.0. The van der Waals surface area contributed by atoms with E-state index in [2.05, 4.69) is 13.8 Å². The molecule has 9 heteroatoms. The van der Waals surface area contributed by atoms with Gasteiger partial charge in [0.2, 0.25) is 0 Å². The van der Waals surface area contributed by atoms with Crippen molar-refractivity contribution in [3.63, 3.8) is 0 Å². The maximum absolute atomic E-state index is 11.1. The van der Waals surface area contributed by atoms with E-state index in [-0.39, 0.29) is 32.8 Å². The van der Waals surface area contributed by atoms with Crippen molar-refractivity contribution in [2.75, 3.05) is 0 Å². The Morgan fingerprint density at radius 2 is 0.702 bits per heavy atom. The molecule has 0 saturated carbocycles. The van der Waals surface area contributed by atoms with Crippen LogP contribution in [0, 0.1) is 13.8 Å². The normalized spacial score (nSPS) is 11.5. The molecule has 0 N–H and O–H groups in total. The summed E-state index contributed by atoms with van der Waals surface area (Å²) in [4.78, 5) is -0.213. The molecule has 0 amide bonds. The molecule has 0 heterocycles. The van der Waals surface area contributed by atoms with E-state index in [9.17, 15) is 25.9 Å². The van der Waals surface area contributed by atoms with Crippen LogP contribution in [-0.4, -0.2) is 49.0 Å². The number of unbranched alkanes of at least 4 members (excludes halogenated alkanes) is 18. The van der Waals surface area contributed by atoms with Crippen LogP contribution in [0.1, 0.15) is 165 Å². The molecule has 2 rings (SSSR count). The molecule has 0 aliphatic carbocycles. The standard InChI is InChI=1S/2C19H32O3S.Mg/c2*1-3-4-5-6-7-8-9-10-11-12-13-18-16-19(23(20,21)22)15-14-17(18)2;/h2*14-16H,3-13H2,1-2H3,(H,20,21,22);/q;;+2/p-2. The van der Waals surface area contributed by atoms with Gasteiger partial charge in [-0.15, -0.1) is 0 Å². The van der Waals surface area contributed by atoms with Crippen LogP contribution < -0.4 is 0 Å². The molecule has 0 spiro atoms. The summed E-state index contributed by atoms with van der Waals surface area (Å²) in [5.41, 5.74) is 4.10. The summed E-state index contributed by atoms with van der Waals surface area (Å²) in [6.45, 7) is 8.41. The van der Waals surface area contributed by atoms with Crippen molar-refractivity contribution in [3.05, 3.63) is 58.7 Å². The third kappa shape index (κ3) is 22.4. The Labute approximate surface area is 305 Å². The molecule has 2 aromatic rings. The van der Waals surface area contributed by atoms with Crippen LogP contribution in [0.15, 0.2) is 46.2 Å². The summed E-state index contributed by atoms with van der Waals surface area (Å²) in [7, 11) is -8.69. The van der Waals surface area contributed by atoms with Gasteiger partial charge in [-0.2, -0.15) is 0 Å². The van der Waals surface area contributed by atoms with Gasteiger partial charge in [0.05, 0.1) is 9.79 Å². The predicted molar refractivity (Wildman–Crippen MR) is 195 cm³/mol. The Kier molecular flexibility index (Phi) is 26.3. The van der Waals surface area contributed by atoms with E-state index in [1.54, 1.807) is 24.3 Å². The number of aryl methyl sites for hydroxylation is 4. The summed E-state index contributed by atoms with van der Waals surface area (Å²) in [5, 5.41) is 0. The van der Waals surface area contributed by atoms with Crippen LogP contribution in [0.3, 0.4) is 0 Å². The summed E-state index contributed by atoms with van der Waals surface area (Å²) in [6, 6.07) is 9.36. The number of hydrogen-bond donors (Lipinski definition) is 0. The Balaban J connectivity index is 0.000000882. The molecule has 0 aromatic heterocycles. The van der Waals surface area contributed by atoms with E-state index >= 15 is 0 Å². The first-order chi connectivity index (χ1) is 21.9. The van der Waals surface area contributed by atoms with Crippen LogP contribution in [-0.2, 0) is 33.1 Å². The van der Waals surface area contributed by atoms with Crippen molar-refractivity contribution in [1.82, 2.24) is 0 Å². The van der Waals surface area contributed by atoms with Crippen molar-refractivity contribution < 1.29 is 25.9 Å². The van der Waals surface area contributed by atoms with Crippen LogP contribution in [0.4, 0.5) is 0 Å². The van der Waals surface area contributed by atoms with Gasteiger partial charge in [-0.25, -0.2) is 16.8 Å². The quantitative estimate of drug-likeness (QED) is 0.0611. The van der Waals surface area contributed by atoms with E-state index in [0.717, 1.165) is 47.9 Å². The molecule has 0 saturated heterocycles. The monoisotopic (exact) mass is 702 g/mol. The number of benzene rings is 2. The van der Waals surface area contributed by atoms with Gasteiger partial charge in [0.15, 0.2) is 0 Å². The van der Waals surface area contributed by atoms with E-state index in [1.807, 2.05) is 13.8 Å². The van der Waals surface area contributed by atoms with Gasteiger partial charge in [-0.1, -0.05) is 142 Å². The van der Waals surface area contributed by atoms with Crippen molar-refractivity contribution in [2.24, 2.45) is 0 Å². The Hall–Kier alpha value is -0.974.